The first kappa shape index (κ1) is 33.7. The van der Waals surface area contributed by atoms with Crippen LogP contribution in [0.1, 0.15) is 24.3 Å². The Morgan fingerprint density at radius 3 is 2.22 bits per heavy atom. The zero-order chi connectivity index (χ0) is 38.0. The number of aromatic hydroxyl groups is 1. The highest BCUT2D eigenvalue weighted by Gasteiger charge is 2.77. The molecule has 6 atom stereocenters. The summed E-state index contributed by atoms with van der Waals surface area (Å²) in [5.74, 6) is -6.63. The number of alkyl halides is 2. The monoisotopic (exact) mass is 771 g/mol. The number of amides is 4. The van der Waals surface area contributed by atoms with Gasteiger partial charge in [-0.3, -0.25) is 24.1 Å². The molecule has 6 aromatic rings. The minimum atomic E-state index is -2.18. The highest BCUT2D eigenvalue weighted by molar-refractivity contribution is 6.58. The second-order valence-corrected chi connectivity index (χ2v) is 15.8. The molecule has 1 aromatic heterocycles. The Morgan fingerprint density at radius 2 is 1.45 bits per heavy atom. The average molecular weight is 773 g/mol. The molecule has 272 valence electrons. The second-order valence-electron chi connectivity index (χ2n) is 14.5. The molecule has 3 fully saturated rings. The second kappa shape index (κ2) is 11.8. The normalized spacial score (nSPS) is 27.4. The molecular formula is C43H28Cl2FN3O6. The average Bonchev–Trinajstić information content (AvgIpc) is 3.79. The summed E-state index contributed by atoms with van der Waals surface area (Å²) in [6.45, 7) is 0. The van der Waals surface area contributed by atoms with Crippen molar-refractivity contribution in [2.45, 2.75) is 28.5 Å². The summed E-state index contributed by atoms with van der Waals surface area (Å²) < 4.78 is 19.9. The molecule has 1 N–H and O–H groups in total. The molecule has 6 unspecified atom stereocenters. The summed E-state index contributed by atoms with van der Waals surface area (Å²) >= 11 is 15.0. The molecule has 4 aliphatic rings. The molecule has 0 bridgehead atoms. The maximum atomic E-state index is 14.7. The number of hydrogen-bond acceptors (Lipinski definition) is 7. The number of anilines is 2. The lowest BCUT2D eigenvalue weighted by Gasteiger charge is -2.50. The third-order valence-electron chi connectivity index (χ3n) is 11.8. The number of allylic oxidation sites excluding steroid dienone is 2. The van der Waals surface area contributed by atoms with E-state index in [9.17, 15) is 28.7 Å². The predicted molar refractivity (Wildman–Crippen MR) is 204 cm³/mol. The number of fused-ring (bicyclic) bond motifs is 6. The van der Waals surface area contributed by atoms with E-state index in [-0.39, 0.29) is 29.8 Å². The number of nitrogens with zero attached hydrogens (tertiary/aromatic N) is 3. The third kappa shape index (κ3) is 4.55. The van der Waals surface area contributed by atoms with Crippen LogP contribution in [0.2, 0.25) is 0 Å². The first-order valence-corrected chi connectivity index (χ1v) is 18.5. The summed E-state index contributed by atoms with van der Waals surface area (Å²) in [4.78, 5) is 60.4. The van der Waals surface area contributed by atoms with Crippen molar-refractivity contribution < 1.29 is 33.1 Å². The number of carbonyl (C=O) groups is 4. The summed E-state index contributed by atoms with van der Waals surface area (Å²) in [6, 6.07) is 29.6. The summed E-state index contributed by atoms with van der Waals surface area (Å²) in [5.41, 5.74) is 3.19. The molecule has 0 spiro atoms. The molecule has 9 nitrogen and oxygen atoms in total. The van der Waals surface area contributed by atoms with Crippen molar-refractivity contribution >= 4 is 80.1 Å². The fourth-order valence-corrected chi connectivity index (χ4v) is 10.2. The van der Waals surface area contributed by atoms with Crippen LogP contribution in [-0.4, -0.2) is 43.5 Å². The molecule has 2 saturated heterocycles. The van der Waals surface area contributed by atoms with Crippen LogP contribution in [0.25, 0.3) is 33.3 Å². The van der Waals surface area contributed by atoms with E-state index in [1.807, 2.05) is 42.5 Å². The Hall–Kier alpha value is -5.84. The highest BCUT2D eigenvalue weighted by Crippen LogP contribution is 2.66. The number of oxazole rings is 1. The summed E-state index contributed by atoms with van der Waals surface area (Å²) in [7, 11) is 0. The molecule has 1 saturated carbocycles. The lowest BCUT2D eigenvalue weighted by Crippen LogP contribution is -2.60. The van der Waals surface area contributed by atoms with Gasteiger partial charge in [0.05, 0.1) is 23.2 Å². The predicted octanol–water partition coefficient (Wildman–Crippen LogP) is 8.26. The van der Waals surface area contributed by atoms with Gasteiger partial charge in [0.25, 0.3) is 11.8 Å². The van der Waals surface area contributed by atoms with Gasteiger partial charge in [0.1, 0.15) is 17.1 Å². The molecule has 2 aliphatic heterocycles. The van der Waals surface area contributed by atoms with E-state index in [0.717, 1.165) is 22.4 Å². The number of rotatable bonds is 4. The van der Waals surface area contributed by atoms with Gasteiger partial charge in [-0.1, -0.05) is 60.2 Å². The topological polar surface area (TPSA) is 121 Å². The van der Waals surface area contributed by atoms with Crippen LogP contribution >= 0.6 is 23.2 Å². The quantitative estimate of drug-likeness (QED) is 0.109. The Morgan fingerprint density at radius 1 is 0.764 bits per heavy atom. The van der Waals surface area contributed by atoms with Crippen molar-refractivity contribution in [1.29, 1.82) is 0 Å². The number of phenolic OH excluding ortho intramolecular Hbond substituents is 1. The van der Waals surface area contributed by atoms with Crippen LogP contribution in [0.5, 0.6) is 5.75 Å². The molecule has 12 heteroatoms. The van der Waals surface area contributed by atoms with Crippen LogP contribution in [0.15, 0.2) is 125 Å². The van der Waals surface area contributed by atoms with Gasteiger partial charge in [0, 0.05) is 22.4 Å². The van der Waals surface area contributed by atoms with Crippen molar-refractivity contribution in [2.24, 2.45) is 17.8 Å². The largest absolute Gasteiger partial charge is 0.507 e. The highest BCUT2D eigenvalue weighted by atomic mass is 35.5. The molecule has 0 radical (unpaired) electrons. The summed E-state index contributed by atoms with van der Waals surface area (Å²) in [5, 5.41) is 13.1. The minimum Gasteiger partial charge on any atom is -0.507 e. The van der Waals surface area contributed by atoms with E-state index < -0.39 is 62.9 Å². The van der Waals surface area contributed by atoms with Gasteiger partial charge in [-0.05, 0) is 84.8 Å². The van der Waals surface area contributed by atoms with E-state index >= 15 is 0 Å². The van der Waals surface area contributed by atoms with E-state index in [1.165, 1.54) is 17.0 Å². The maximum absolute atomic E-state index is 14.7. The first-order chi connectivity index (χ1) is 26.5. The van der Waals surface area contributed by atoms with E-state index in [1.54, 1.807) is 48.5 Å². The molecular weight excluding hydrogens is 744 g/mol. The zero-order valence-electron chi connectivity index (χ0n) is 28.7. The minimum absolute atomic E-state index is 0.0711. The van der Waals surface area contributed by atoms with E-state index in [4.69, 9.17) is 27.6 Å². The van der Waals surface area contributed by atoms with Crippen molar-refractivity contribution in [1.82, 2.24) is 4.98 Å². The van der Waals surface area contributed by atoms with Gasteiger partial charge in [0.15, 0.2) is 15.3 Å². The number of hydrogen-bond donors (Lipinski definition) is 1. The molecule has 10 rings (SSSR count). The first-order valence-electron chi connectivity index (χ1n) is 17.8. The number of para-hydroxylation sites is 2. The number of carbonyl (C=O) groups excluding carboxylic acids is 4. The van der Waals surface area contributed by atoms with Gasteiger partial charge >= 0.3 is 0 Å². The van der Waals surface area contributed by atoms with Crippen LogP contribution in [0.4, 0.5) is 15.8 Å². The molecule has 2 aliphatic carbocycles. The lowest BCUT2D eigenvalue weighted by molar-refractivity contribution is -0.125. The summed E-state index contributed by atoms with van der Waals surface area (Å²) in [6.07, 6.45) is 1.71. The molecule has 55 heavy (non-hydrogen) atoms. The SMILES string of the molecule is O=C1C2CC=C3C(CC4(Cl)C(=O)N(c5ccc(F)cc5)C(=O)C4(Cl)C3c3ccc4ccccc4c3O)C2C(=O)N1c1ccc(-c2nc3ccccc3o2)cc1. The van der Waals surface area contributed by atoms with E-state index in [0.29, 0.717) is 39.2 Å². The molecule has 3 heterocycles. The van der Waals surface area contributed by atoms with Crippen molar-refractivity contribution in [3.8, 4) is 17.2 Å². The fourth-order valence-electron chi connectivity index (χ4n) is 9.25. The Kier molecular flexibility index (Phi) is 7.25. The van der Waals surface area contributed by atoms with Crippen molar-refractivity contribution in [3.63, 3.8) is 0 Å². The zero-order valence-corrected chi connectivity index (χ0v) is 30.2. The van der Waals surface area contributed by atoms with Crippen LogP contribution in [0.3, 0.4) is 0 Å². The number of phenols is 1. The number of aromatic nitrogens is 1. The van der Waals surface area contributed by atoms with Crippen LogP contribution in [-0.2, 0) is 19.2 Å². The standard InChI is InChI=1S/C43H28Cl2FN3O6/c44-42-21-31-28(19-20-29-34(31)39(52)48(38(29)51)25-14-9-23(10-15-25)37-47-32-7-3-4-8-33(32)55-37)35(30-18-11-22-5-1-2-6-27(22)36(30)50)43(42,45)41(54)49(40(42)53)26-16-12-24(46)13-17-26/h1-19,29,31,34-35,50H,20-21H2. The van der Waals surface area contributed by atoms with Gasteiger partial charge < -0.3 is 9.52 Å². The Balaban J connectivity index is 1.08. The fraction of sp³-hybridized carbons (Fsp3) is 0.186. The van der Waals surface area contributed by atoms with Crippen LogP contribution in [0, 0.1) is 23.6 Å². The van der Waals surface area contributed by atoms with Crippen molar-refractivity contribution in [2.75, 3.05) is 9.80 Å². The Labute approximate surface area is 322 Å². The van der Waals surface area contributed by atoms with Gasteiger partial charge in [-0.2, -0.15) is 0 Å². The van der Waals surface area contributed by atoms with Gasteiger partial charge in [0.2, 0.25) is 17.7 Å². The number of imide groups is 2. The number of benzene rings is 5. The van der Waals surface area contributed by atoms with Gasteiger partial charge in [-0.15, -0.1) is 23.2 Å². The van der Waals surface area contributed by atoms with Gasteiger partial charge in [-0.25, -0.2) is 14.3 Å². The lowest BCUT2D eigenvalue weighted by atomic mass is 9.56. The molecule has 4 amide bonds. The van der Waals surface area contributed by atoms with E-state index in [2.05, 4.69) is 4.98 Å². The molecule has 5 aromatic carbocycles. The van der Waals surface area contributed by atoms with Crippen molar-refractivity contribution in [3.05, 3.63) is 132 Å². The Bertz CT molecular complexity index is 2660. The smallest absolute Gasteiger partial charge is 0.258 e. The van der Waals surface area contributed by atoms with Crippen LogP contribution < -0.4 is 9.80 Å². The number of halogens is 3. The maximum Gasteiger partial charge on any atom is 0.258 e. The third-order valence-corrected chi connectivity index (χ3v) is 13.2.